The lowest BCUT2D eigenvalue weighted by Crippen LogP contribution is -2.44. The van der Waals surface area contributed by atoms with E-state index in [1.807, 2.05) is 0 Å². The Labute approximate surface area is 204 Å². The Morgan fingerprint density at radius 1 is 1.09 bits per heavy atom. The monoisotopic (exact) mass is 504 g/mol. The van der Waals surface area contributed by atoms with E-state index in [0.29, 0.717) is 5.69 Å². The molecule has 34 heavy (non-hydrogen) atoms. The Hall–Kier alpha value is -3.50. The van der Waals surface area contributed by atoms with Crippen LogP contribution in [-0.4, -0.2) is 36.0 Å². The summed E-state index contributed by atoms with van der Waals surface area (Å²) < 4.78 is 18.6. The van der Waals surface area contributed by atoms with Gasteiger partial charge in [-0.2, -0.15) is 0 Å². The van der Waals surface area contributed by atoms with E-state index in [-0.39, 0.29) is 21.6 Å². The lowest BCUT2D eigenvalue weighted by Gasteiger charge is -2.18. The van der Waals surface area contributed by atoms with Crippen LogP contribution in [0.2, 0.25) is 5.02 Å². The maximum atomic E-state index is 13.8. The smallest absolute Gasteiger partial charge is 0.328 e. The van der Waals surface area contributed by atoms with Crippen LogP contribution >= 0.6 is 22.9 Å². The molecule has 3 rings (SSSR count). The molecule has 0 spiro atoms. The highest BCUT2D eigenvalue weighted by molar-refractivity contribution is 7.17. The second-order valence-electron chi connectivity index (χ2n) is 7.53. The summed E-state index contributed by atoms with van der Waals surface area (Å²) in [4.78, 5) is 41.4. The molecular weight excluding hydrogens is 483 g/mol. The molecule has 178 valence electrons. The third kappa shape index (κ3) is 6.30. The highest BCUT2D eigenvalue weighted by Gasteiger charge is 2.26. The minimum Gasteiger partial charge on any atom is -0.467 e. The maximum absolute atomic E-state index is 13.8. The summed E-state index contributed by atoms with van der Waals surface area (Å²) >= 11 is 6.87. The van der Waals surface area contributed by atoms with Crippen molar-refractivity contribution < 1.29 is 23.5 Å². The number of halogens is 2. The quantitative estimate of drug-likeness (QED) is 0.384. The number of benzene rings is 2. The molecule has 0 bridgehead atoms. The fourth-order valence-corrected chi connectivity index (χ4v) is 3.92. The molecule has 1 aromatic heterocycles. The third-order valence-electron chi connectivity index (χ3n) is 4.71. The zero-order valence-electron chi connectivity index (χ0n) is 18.5. The molecular formula is C23H22ClFN4O4S. The van der Waals surface area contributed by atoms with Crippen molar-refractivity contribution in [2.24, 2.45) is 5.92 Å². The van der Waals surface area contributed by atoms with Crippen LogP contribution in [0.3, 0.4) is 0 Å². The lowest BCUT2D eigenvalue weighted by molar-refractivity contribution is -0.144. The number of ether oxygens (including phenoxy) is 1. The van der Waals surface area contributed by atoms with Crippen LogP contribution < -0.4 is 16.0 Å². The van der Waals surface area contributed by atoms with E-state index in [1.165, 1.54) is 19.2 Å². The van der Waals surface area contributed by atoms with Gasteiger partial charge in [0.2, 0.25) is 0 Å². The number of esters is 1. The molecule has 0 aliphatic rings. The zero-order valence-corrected chi connectivity index (χ0v) is 20.1. The molecule has 1 unspecified atom stereocenters. The van der Waals surface area contributed by atoms with Gasteiger partial charge in [-0.3, -0.25) is 4.79 Å². The maximum Gasteiger partial charge on any atom is 0.328 e. The van der Waals surface area contributed by atoms with Crippen molar-refractivity contribution in [1.82, 2.24) is 10.3 Å². The molecule has 3 N–H and O–H groups in total. The number of urea groups is 1. The van der Waals surface area contributed by atoms with Gasteiger partial charge in [0, 0.05) is 16.9 Å². The summed E-state index contributed by atoms with van der Waals surface area (Å²) in [7, 11) is 1.27. The topological polar surface area (TPSA) is 109 Å². The van der Waals surface area contributed by atoms with Gasteiger partial charge in [0.05, 0.1) is 17.7 Å². The van der Waals surface area contributed by atoms with Crippen molar-refractivity contribution in [3.05, 3.63) is 64.5 Å². The van der Waals surface area contributed by atoms with E-state index in [1.54, 1.807) is 44.3 Å². The molecule has 0 aliphatic carbocycles. The summed E-state index contributed by atoms with van der Waals surface area (Å²) in [5.41, 5.74) is 1.26. The number of carbonyl (C=O) groups excluding carboxylic acids is 3. The van der Waals surface area contributed by atoms with Gasteiger partial charge < -0.3 is 20.7 Å². The van der Waals surface area contributed by atoms with Crippen LogP contribution in [0.1, 0.15) is 23.6 Å². The fraction of sp³-hybridized carbons (Fsp3) is 0.217. The normalized spacial score (nSPS) is 11.6. The van der Waals surface area contributed by atoms with Crippen molar-refractivity contribution in [2.75, 3.05) is 17.7 Å². The molecule has 1 heterocycles. The molecule has 0 fully saturated rings. The predicted octanol–water partition coefficient (Wildman–Crippen LogP) is 5.17. The molecule has 0 radical (unpaired) electrons. The van der Waals surface area contributed by atoms with Gasteiger partial charge in [-0.15, -0.1) is 11.3 Å². The van der Waals surface area contributed by atoms with Gasteiger partial charge in [0.1, 0.15) is 11.9 Å². The summed E-state index contributed by atoms with van der Waals surface area (Å²) in [6.45, 7) is 3.61. The minimum atomic E-state index is -0.775. The summed E-state index contributed by atoms with van der Waals surface area (Å²) in [5.74, 6) is -1.78. The van der Waals surface area contributed by atoms with E-state index < -0.39 is 29.8 Å². The standard InChI is InChI=1S/C23H22ClFN4O4S/c1-12(2)19(22(31)33-3)29-20(30)21-26-11-18(34-21)13-4-7-15(8-5-13)27-23(32)28-17-9-6-14(24)10-16(17)25/h4-12,19H,1-3H3,(H,29,30)(H2,27,28,32). The first-order chi connectivity index (χ1) is 16.2. The number of hydrogen-bond acceptors (Lipinski definition) is 6. The molecule has 3 aromatic rings. The molecule has 2 aromatic carbocycles. The minimum absolute atomic E-state index is 0.000825. The molecule has 1 atom stereocenters. The second-order valence-corrected chi connectivity index (χ2v) is 9.00. The van der Waals surface area contributed by atoms with E-state index in [9.17, 15) is 18.8 Å². The highest BCUT2D eigenvalue weighted by Crippen LogP contribution is 2.27. The summed E-state index contributed by atoms with van der Waals surface area (Å²) in [6, 6.07) is 9.38. The molecule has 0 saturated carbocycles. The van der Waals surface area contributed by atoms with E-state index in [4.69, 9.17) is 16.3 Å². The first kappa shape index (κ1) is 25.1. The summed E-state index contributed by atoms with van der Waals surface area (Å²) in [6.07, 6.45) is 1.56. The molecule has 8 nitrogen and oxygen atoms in total. The van der Waals surface area contributed by atoms with Gasteiger partial charge in [0.15, 0.2) is 5.01 Å². The largest absolute Gasteiger partial charge is 0.467 e. The van der Waals surface area contributed by atoms with Crippen molar-refractivity contribution in [3.63, 3.8) is 0 Å². The van der Waals surface area contributed by atoms with Crippen molar-refractivity contribution in [1.29, 1.82) is 0 Å². The van der Waals surface area contributed by atoms with Crippen LogP contribution in [0, 0.1) is 11.7 Å². The first-order valence-electron chi connectivity index (χ1n) is 10.2. The molecule has 3 amide bonds. The Morgan fingerprint density at radius 3 is 2.41 bits per heavy atom. The SMILES string of the molecule is COC(=O)C(NC(=O)c1ncc(-c2ccc(NC(=O)Nc3ccc(Cl)cc3F)cc2)s1)C(C)C. The van der Waals surface area contributed by atoms with Crippen molar-refractivity contribution in [2.45, 2.75) is 19.9 Å². The van der Waals surface area contributed by atoms with Gasteiger partial charge in [-0.05, 0) is 41.8 Å². The Morgan fingerprint density at radius 2 is 1.79 bits per heavy atom. The number of methoxy groups -OCH3 is 1. The average molecular weight is 505 g/mol. The second kappa shape index (κ2) is 11.1. The number of hydrogen-bond donors (Lipinski definition) is 3. The predicted molar refractivity (Wildman–Crippen MR) is 130 cm³/mol. The number of nitrogens with zero attached hydrogens (tertiary/aromatic N) is 1. The molecule has 0 saturated heterocycles. The van der Waals surface area contributed by atoms with Gasteiger partial charge in [-0.1, -0.05) is 37.6 Å². The van der Waals surface area contributed by atoms with Gasteiger partial charge >= 0.3 is 12.0 Å². The number of thiazole rings is 1. The van der Waals surface area contributed by atoms with Crippen LogP contribution in [0.15, 0.2) is 48.7 Å². The average Bonchev–Trinajstić information content (AvgIpc) is 3.29. The van der Waals surface area contributed by atoms with Gasteiger partial charge in [-0.25, -0.2) is 19.0 Å². The summed E-state index contributed by atoms with van der Waals surface area (Å²) in [5, 5.41) is 8.11. The zero-order chi connectivity index (χ0) is 24.8. The fourth-order valence-electron chi connectivity index (χ4n) is 2.93. The van der Waals surface area contributed by atoms with Crippen LogP contribution in [0.4, 0.5) is 20.6 Å². The number of amides is 3. The van der Waals surface area contributed by atoms with E-state index in [2.05, 4.69) is 20.9 Å². The first-order valence-corrected chi connectivity index (χ1v) is 11.4. The number of anilines is 2. The molecule has 11 heteroatoms. The Bertz CT molecular complexity index is 1200. The van der Waals surface area contributed by atoms with E-state index in [0.717, 1.165) is 27.8 Å². The Balaban J connectivity index is 1.63. The van der Waals surface area contributed by atoms with Crippen LogP contribution in [0.5, 0.6) is 0 Å². The highest BCUT2D eigenvalue weighted by atomic mass is 35.5. The number of aromatic nitrogens is 1. The number of carbonyl (C=O) groups is 3. The molecule has 0 aliphatic heterocycles. The third-order valence-corrected chi connectivity index (χ3v) is 6.00. The number of rotatable bonds is 7. The number of nitrogens with one attached hydrogen (secondary N) is 3. The van der Waals surface area contributed by atoms with Crippen molar-refractivity contribution in [3.8, 4) is 10.4 Å². The van der Waals surface area contributed by atoms with Crippen LogP contribution in [-0.2, 0) is 9.53 Å². The lowest BCUT2D eigenvalue weighted by atomic mass is 10.0. The Kier molecular flexibility index (Phi) is 8.19. The van der Waals surface area contributed by atoms with Crippen LogP contribution in [0.25, 0.3) is 10.4 Å². The van der Waals surface area contributed by atoms with E-state index >= 15 is 0 Å². The van der Waals surface area contributed by atoms with Gasteiger partial charge in [0.25, 0.3) is 5.91 Å². The van der Waals surface area contributed by atoms with Crippen molar-refractivity contribution >= 4 is 52.2 Å².